The number of nitrogens with one attached hydrogen (secondary N) is 1. The maximum Gasteiger partial charge on any atom is 0.449 e. The molecule has 2 rings (SSSR count). The highest BCUT2D eigenvalue weighted by Gasteiger charge is 2.06. The van der Waals surface area contributed by atoms with Gasteiger partial charge >= 0.3 is 5.69 Å². The van der Waals surface area contributed by atoms with E-state index in [9.17, 15) is 10.0 Å². The summed E-state index contributed by atoms with van der Waals surface area (Å²) < 4.78 is 1.000. The van der Waals surface area contributed by atoms with Crippen molar-refractivity contribution >= 4 is 0 Å². The van der Waals surface area contributed by atoms with Crippen LogP contribution in [0.4, 0.5) is 0 Å². The Balaban J connectivity index is 2.65. The average Bonchev–Trinajstić information content (AvgIpc) is 2.48. The summed E-state index contributed by atoms with van der Waals surface area (Å²) in [6.07, 6.45) is 1.06. The molecule has 0 spiro atoms. The van der Waals surface area contributed by atoms with Gasteiger partial charge in [0.25, 0.3) is 6.33 Å². The highest BCUT2D eigenvalue weighted by molar-refractivity contribution is 5.28. The molecule has 0 atom stereocenters. The van der Waals surface area contributed by atoms with E-state index >= 15 is 0 Å². The van der Waals surface area contributed by atoms with Crippen LogP contribution in [0.15, 0.2) is 41.5 Å². The van der Waals surface area contributed by atoms with E-state index in [2.05, 4.69) is 4.98 Å². The third-order valence-corrected chi connectivity index (χ3v) is 1.69. The van der Waals surface area contributed by atoms with Gasteiger partial charge in [-0.15, -0.1) is 9.53 Å². The topological polar surface area (TPSA) is 64.7 Å². The van der Waals surface area contributed by atoms with Gasteiger partial charge in [-0.1, -0.05) is 18.2 Å². The van der Waals surface area contributed by atoms with Crippen molar-refractivity contribution in [3.63, 3.8) is 0 Å². The molecular formula is C8H7N3O2. The Morgan fingerprint density at radius 1 is 1.31 bits per heavy atom. The molecule has 1 aromatic carbocycles. The van der Waals surface area contributed by atoms with Gasteiger partial charge in [0, 0.05) is 0 Å². The van der Waals surface area contributed by atoms with Crippen molar-refractivity contribution < 1.29 is 4.85 Å². The van der Waals surface area contributed by atoms with Crippen LogP contribution in [0.3, 0.4) is 0 Å². The predicted octanol–water partition coefficient (Wildman–Crippen LogP) is -0.201. The smallest absolute Gasteiger partial charge is 0.449 e. The zero-order valence-corrected chi connectivity index (χ0v) is 6.68. The van der Waals surface area contributed by atoms with Crippen LogP contribution in [-0.2, 0) is 0 Å². The van der Waals surface area contributed by atoms with Crippen molar-refractivity contribution in [2.75, 3.05) is 0 Å². The summed E-state index contributed by atoms with van der Waals surface area (Å²) >= 11 is 0. The van der Waals surface area contributed by atoms with Gasteiger partial charge in [0.05, 0.1) is 5.69 Å². The molecule has 66 valence electrons. The Morgan fingerprint density at radius 3 is 2.54 bits per heavy atom. The number of benzene rings is 1. The standard InChI is InChI=1S/C8H7N3O2/c12-8-9-6-10(13)11(8)7-4-2-1-3-5-7/h1-6H,(H,9,12). The van der Waals surface area contributed by atoms with Gasteiger partial charge < -0.3 is 5.21 Å². The van der Waals surface area contributed by atoms with Crippen molar-refractivity contribution in [1.82, 2.24) is 9.67 Å². The molecule has 0 aliphatic heterocycles. The van der Waals surface area contributed by atoms with Crippen LogP contribution in [0, 0.1) is 5.21 Å². The third kappa shape index (κ3) is 1.20. The molecule has 13 heavy (non-hydrogen) atoms. The van der Waals surface area contributed by atoms with Crippen LogP contribution >= 0.6 is 0 Å². The van der Waals surface area contributed by atoms with E-state index in [4.69, 9.17) is 0 Å². The van der Waals surface area contributed by atoms with Gasteiger partial charge in [-0.2, -0.15) is 4.98 Å². The molecule has 0 radical (unpaired) electrons. The lowest BCUT2D eigenvalue weighted by Gasteiger charge is -2.03. The minimum Gasteiger partial charge on any atom is -0.692 e. The van der Waals surface area contributed by atoms with E-state index in [1.807, 2.05) is 6.07 Å². The molecule has 0 saturated heterocycles. The highest BCUT2D eigenvalue weighted by Crippen LogP contribution is 1.99. The van der Waals surface area contributed by atoms with E-state index in [-0.39, 0.29) is 0 Å². The van der Waals surface area contributed by atoms with Crippen molar-refractivity contribution in [2.24, 2.45) is 0 Å². The fraction of sp³-hybridized carbons (Fsp3) is 0. The monoisotopic (exact) mass is 177 g/mol. The number of aromatic nitrogens is 3. The number of aromatic amines is 1. The minimum atomic E-state index is -0.443. The molecule has 5 nitrogen and oxygen atoms in total. The lowest BCUT2D eigenvalue weighted by Crippen LogP contribution is -2.40. The number of hydrogen-bond acceptors (Lipinski definition) is 2. The maximum atomic E-state index is 11.1. The molecule has 0 bridgehead atoms. The van der Waals surface area contributed by atoms with Gasteiger partial charge in [-0.05, 0) is 12.1 Å². The third-order valence-electron chi connectivity index (χ3n) is 1.69. The lowest BCUT2D eigenvalue weighted by atomic mass is 10.3. The van der Waals surface area contributed by atoms with Gasteiger partial charge in [-0.3, -0.25) is 0 Å². The Labute approximate surface area is 73.4 Å². The molecule has 5 heteroatoms. The van der Waals surface area contributed by atoms with Crippen LogP contribution in [0.25, 0.3) is 5.69 Å². The first-order valence-electron chi connectivity index (χ1n) is 3.74. The fourth-order valence-corrected chi connectivity index (χ4v) is 1.12. The van der Waals surface area contributed by atoms with Gasteiger partial charge in [0.15, 0.2) is 0 Å². The molecule has 1 N–H and O–H groups in total. The Hall–Kier alpha value is -2.04. The zero-order valence-electron chi connectivity index (χ0n) is 6.68. The van der Waals surface area contributed by atoms with E-state index in [1.165, 1.54) is 0 Å². The minimum absolute atomic E-state index is 0.443. The largest absolute Gasteiger partial charge is 0.692 e. The first-order chi connectivity index (χ1) is 6.29. The SMILES string of the molecule is O=c1[nH]c[n+]([O-])n1-c1ccccc1. The normalized spacial score (nSPS) is 10.2. The number of hydrogen-bond donors (Lipinski definition) is 1. The molecule has 2 aromatic rings. The molecule has 1 aromatic heterocycles. The first-order valence-corrected chi connectivity index (χ1v) is 3.74. The average molecular weight is 177 g/mol. The fourth-order valence-electron chi connectivity index (χ4n) is 1.12. The first kappa shape index (κ1) is 7.60. The van der Waals surface area contributed by atoms with Crippen molar-refractivity contribution in [3.8, 4) is 5.69 Å². The maximum absolute atomic E-state index is 11.1. The van der Waals surface area contributed by atoms with Crippen LogP contribution in [-0.4, -0.2) is 9.67 Å². The Kier molecular flexibility index (Phi) is 1.63. The number of nitrogens with zero attached hydrogens (tertiary/aromatic N) is 2. The van der Waals surface area contributed by atoms with Crippen LogP contribution in [0.5, 0.6) is 0 Å². The molecule has 0 amide bonds. The quantitative estimate of drug-likeness (QED) is 0.484. The van der Waals surface area contributed by atoms with Gasteiger partial charge in [0.1, 0.15) is 0 Å². The summed E-state index contributed by atoms with van der Waals surface area (Å²) in [4.78, 5) is 13.9. The van der Waals surface area contributed by atoms with Gasteiger partial charge in [-0.25, -0.2) is 4.79 Å². The molecule has 0 aliphatic rings. The second kappa shape index (κ2) is 2.78. The van der Waals surface area contributed by atoms with Crippen LogP contribution in [0.2, 0.25) is 0 Å². The lowest BCUT2D eigenvalue weighted by molar-refractivity contribution is -0.686. The summed E-state index contributed by atoms with van der Waals surface area (Å²) in [5.41, 5.74) is 0.102. The van der Waals surface area contributed by atoms with E-state index < -0.39 is 5.69 Å². The molecule has 0 saturated carbocycles. The number of H-pyrrole nitrogens is 1. The molecule has 0 unspecified atom stereocenters. The zero-order chi connectivity index (χ0) is 9.26. The Bertz CT molecular complexity index is 458. The van der Waals surface area contributed by atoms with Crippen molar-refractivity contribution in [2.45, 2.75) is 0 Å². The second-order valence-electron chi connectivity index (χ2n) is 2.53. The van der Waals surface area contributed by atoms with E-state index in [1.54, 1.807) is 24.3 Å². The number of rotatable bonds is 1. The Morgan fingerprint density at radius 2 is 2.00 bits per heavy atom. The van der Waals surface area contributed by atoms with E-state index in [0.717, 1.165) is 11.0 Å². The van der Waals surface area contributed by atoms with E-state index in [0.29, 0.717) is 10.5 Å². The molecular weight excluding hydrogens is 170 g/mol. The predicted molar refractivity (Wildman–Crippen MR) is 45.3 cm³/mol. The summed E-state index contributed by atoms with van der Waals surface area (Å²) in [6, 6.07) is 8.70. The highest BCUT2D eigenvalue weighted by atomic mass is 16.5. The van der Waals surface area contributed by atoms with Crippen LogP contribution < -0.4 is 10.5 Å². The summed E-state index contributed by atoms with van der Waals surface area (Å²) in [6.45, 7) is 0. The van der Waals surface area contributed by atoms with Crippen molar-refractivity contribution in [1.29, 1.82) is 0 Å². The summed E-state index contributed by atoms with van der Waals surface area (Å²) in [5, 5.41) is 11.1. The second-order valence-corrected chi connectivity index (χ2v) is 2.53. The molecule has 0 aliphatic carbocycles. The molecule has 0 fully saturated rings. The summed E-state index contributed by atoms with van der Waals surface area (Å²) in [5.74, 6) is 0. The van der Waals surface area contributed by atoms with Gasteiger partial charge in [0.2, 0.25) is 0 Å². The number of para-hydroxylation sites is 1. The molecule has 1 heterocycles. The van der Waals surface area contributed by atoms with Crippen molar-refractivity contribution in [3.05, 3.63) is 52.4 Å². The summed E-state index contributed by atoms with van der Waals surface area (Å²) in [7, 11) is 0. The van der Waals surface area contributed by atoms with Crippen LogP contribution in [0.1, 0.15) is 0 Å².